The minimum Gasteiger partial charge on any atom is -0.296 e. The first-order valence-corrected chi connectivity index (χ1v) is 8.37. The van der Waals surface area contributed by atoms with E-state index < -0.39 is 0 Å². The molecule has 1 aliphatic carbocycles. The molecule has 6 heteroatoms. The molecule has 0 fully saturated rings. The van der Waals surface area contributed by atoms with E-state index in [2.05, 4.69) is 45.7 Å². The Morgan fingerprint density at radius 3 is 2.67 bits per heavy atom. The molecule has 0 radical (unpaired) electrons. The van der Waals surface area contributed by atoms with Crippen LogP contribution in [0.25, 0.3) is 32.5 Å². The van der Waals surface area contributed by atoms with Gasteiger partial charge in [-0.25, -0.2) is 4.98 Å². The van der Waals surface area contributed by atoms with E-state index >= 15 is 0 Å². The van der Waals surface area contributed by atoms with Gasteiger partial charge < -0.3 is 0 Å². The second-order valence-corrected chi connectivity index (χ2v) is 6.73. The summed E-state index contributed by atoms with van der Waals surface area (Å²) in [6.07, 6.45) is 1.74. The van der Waals surface area contributed by atoms with Crippen LogP contribution in [0.5, 0.6) is 0 Å². The van der Waals surface area contributed by atoms with E-state index in [4.69, 9.17) is 0 Å². The minimum absolute atomic E-state index is 0.241. The maximum atomic E-state index is 12.3. The van der Waals surface area contributed by atoms with Crippen molar-refractivity contribution in [2.75, 3.05) is 5.32 Å². The fraction of sp³-hybridized carbons (Fsp3) is 0.0556. The molecule has 0 aliphatic heterocycles. The number of thiazole rings is 1. The Hall–Kier alpha value is -2.99. The second kappa shape index (κ2) is 4.75. The number of fused-ring (bicyclic) bond motifs is 3. The van der Waals surface area contributed by atoms with Crippen molar-refractivity contribution in [2.45, 2.75) is 0 Å². The molecule has 2 aromatic heterocycles. The van der Waals surface area contributed by atoms with Crippen molar-refractivity contribution in [1.29, 1.82) is 0 Å². The van der Waals surface area contributed by atoms with Crippen molar-refractivity contribution >= 4 is 33.1 Å². The molecule has 0 unspecified atom stereocenters. The van der Waals surface area contributed by atoms with Crippen molar-refractivity contribution in [2.24, 2.45) is 7.05 Å². The second-order valence-electron chi connectivity index (χ2n) is 5.73. The average molecular weight is 332 g/mol. The molecule has 2 heterocycles. The molecule has 0 spiro atoms. The van der Waals surface area contributed by atoms with Crippen LogP contribution in [-0.4, -0.2) is 20.7 Å². The largest absolute Gasteiger partial charge is 0.296 e. The number of rotatable bonds is 2. The standard InChI is InChI=1S/C18H12N4OS/c1-22-9-8-13(21-22)17(23)20-18-19-15-11-6-2-4-10-5-3-7-12(14(10)11)16(15)24-18/h2-9H,1H3,(H,19,20,23). The molecule has 0 bridgehead atoms. The van der Waals surface area contributed by atoms with Crippen LogP contribution >= 0.6 is 11.3 Å². The van der Waals surface area contributed by atoms with Crippen LogP contribution in [0.3, 0.4) is 0 Å². The van der Waals surface area contributed by atoms with Gasteiger partial charge in [-0.1, -0.05) is 47.7 Å². The quantitative estimate of drug-likeness (QED) is 0.533. The number of nitrogens with zero attached hydrogens (tertiary/aromatic N) is 3. The van der Waals surface area contributed by atoms with E-state index in [0.29, 0.717) is 10.8 Å². The Labute approximate surface area is 141 Å². The highest BCUT2D eigenvalue weighted by Crippen LogP contribution is 2.50. The predicted octanol–water partition coefficient (Wildman–Crippen LogP) is 3.93. The summed E-state index contributed by atoms with van der Waals surface area (Å²) in [4.78, 5) is 18.0. The van der Waals surface area contributed by atoms with Crippen molar-refractivity contribution in [1.82, 2.24) is 14.8 Å². The third kappa shape index (κ3) is 1.83. The van der Waals surface area contributed by atoms with E-state index in [-0.39, 0.29) is 5.91 Å². The van der Waals surface area contributed by atoms with Gasteiger partial charge in [0.05, 0.1) is 10.6 Å². The molecule has 24 heavy (non-hydrogen) atoms. The predicted molar refractivity (Wildman–Crippen MR) is 95.2 cm³/mol. The summed E-state index contributed by atoms with van der Waals surface area (Å²) in [5.74, 6) is -0.241. The number of aromatic nitrogens is 3. The van der Waals surface area contributed by atoms with E-state index in [1.54, 1.807) is 24.0 Å². The van der Waals surface area contributed by atoms with Gasteiger partial charge in [0, 0.05) is 24.4 Å². The zero-order valence-corrected chi connectivity index (χ0v) is 13.6. The normalized spacial score (nSPS) is 11.7. The number of aryl methyl sites for hydroxylation is 1. The van der Waals surface area contributed by atoms with Gasteiger partial charge in [-0.05, 0) is 16.8 Å². The number of benzene rings is 2. The molecule has 2 aromatic carbocycles. The maximum absolute atomic E-state index is 12.3. The van der Waals surface area contributed by atoms with Gasteiger partial charge in [0.25, 0.3) is 5.91 Å². The molecule has 4 aromatic rings. The third-order valence-corrected chi connectivity index (χ3v) is 5.20. The summed E-state index contributed by atoms with van der Waals surface area (Å²) in [5, 5.41) is 10.0. The molecule has 1 amide bonds. The van der Waals surface area contributed by atoms with Crippen molar-refractivity contribution in [3.8, 4) is 21.7 Å². The first kappa shape index (κ1) is 13.4. The molecular formula is C18H12N4OS. The zero-order valence-electron chi connectivity index (χ0n) is 12.8. The summed E-state index contributed by atoms with van der Waals surface area (Å²) in [5.41, 5.74) is 3.65. The summed E-state index contributed by atoms with van der Waals surface area (Å²) in [6.45, 7) is 0. The zero-order chi connectivity index (χ0) is 16.3. The molecule has 5 nitrogen and oxygen atoms in total. The number of carbonyl (C=O) groups excluding carboxylic acids is 1. The summed E-state index contributed by atoms with van der Waals surface area (Å²) in [7, 11) is 1.78. The Morgan fingerprint density at radius 1 is 1.12 bits per heavy atom. The lowest BCUT2D eigenvalue weighted by Gasteiger charge is -2.02. The lowest BCUT2D eigenvalue weighted by molar-refractivity contribution is 0.102. The van der Waals surface area contributed by atoms with Gasteiger partial charge in [-0.2, -0.15) is 5.10 Å². The lowest BCUT2D eigenvalue weighted by atomic mass is 10.0. The van der Waals surface area contributed by atoms with Gasteiger partial charge in [-0.15, -0.1) is 0 Å². The highest BCUT2D eigenvalue weighted by atomic mass is 32.1. The SMILES string of the molecule is Cn1ccc(C(=O)Nc2nc3c(s2)-c2cccc4cccc-3c24)n1. The highest BCUT2D eigenvalue weighted by molar-refractivity contribution is 7.20. The molecule has 5 rings (SSSR count). The monoisotopic (exact) mass is 332 g/mol. The lowest BCUT2D eigenvalue weighted by Crippen LogP contribution is -2.12. The molecule has 1 N–H and O–H groups in total. The van der Waals surface area contributed by atoms with Gasteiger partial charge >= 0.3 is 0 Å². The third-order valence-electron chi connectivity index (χ3n) is 4.20. The number of hydrogen-bond acceptors (Lipinski definition) is 4. The van der Waals surface area contributed by atoms with E-state index in [0.717, 1.165) is 16.1 Å². The van der Waals surface area contributed by atoms with Gasteiger partial charge in [0.1, 0.15) is 0 Å². The van der Waals surface area contributed by atoms with Crippen LogP contribution in [0.15, 0.2) is 48.7 Å². The smallest absolute Gasteiger partial charge is 0.277 e. The Bertz CT molecular complexity index is 1070. The Balaban J connectivity index is 1.56. The highest BCUT2D eigenvalue weighted by Gasteiger charge is 2.26. The Morgan fingerprint density at radius 2 is 1.92 bits per heavy atom. The van der Waals surface area contributed by atoms with Gasteiger partial charge in [0.15, 0.2) is 10.8 Å². The fourth-order valence-electron chi connectivity index (χ4n) is 3.16. The first-order valence-electron chi connectivity index (χ1n) is 7.55. The minimum atomic E-state index is -0.241. The molecule has 116 valence electrons. The van der Waals surface area contributed by atoms with Gasteiger partial charge in [0.2, 0.25) is 0 Å². The number of hydrogen-bond donors (Lipinski definition) is 1. The number of anilines is 1. The van der Waals surface area contributed by atoms with E-state index in [1.165, 1.54) is 27.7 Å². The number of amides is 1. The van der Waals surface area contributed by atoms with Crippen LogP contribution < -0.4 is 5.32 Å². The van der Waals surface area contributed by atoms with E-state index in [9.17, 15) is 4.79 Å². The van der Waals surface area contributed by atoms with Crippen LogP contribution in [0, 0.1) is 0 Å². The van der Waals surface area contributed by atoms with Crippen molar-refractivity contribution in [3.05, 3.63) is 54.4 Å². The number of nitrogens with one attached hydrogen (secondary N) is 1. The van der Waals surface area contributed by atoms with Crippen LogP contribution in [-0.2, 0) is 7.05 Å². The van der Waals surface area contributed by atoms with Crippen LogP contribution in [0.1, 0.15) is 10.5 Å². The topological polar surface area (TPSA) is 59.8 Å². The molecule has 0 saturated carbocycles. The first-order chi connectivity index (χ1) is 11.7. The Kier molecular flexibility index (Phi) is 2.66. The molecular weight excluding hydrogens is 320 g/mol. The van der Waals surface area contributed by atoms with Crippen LogP contribution in [0.2, 0.25) is 0 Å². The van der Waals surface area contributed by atoms with Crippen molar-refractivity contribution in [3.63, 3.8) is 0 Å². The summed E-state index contributed by atoms with van der Waals surface area (Å²) < 4.78 is 1.60. The molecule has 0 atom stereocenters. The van der Waals surface area contributed by atoms with E-state index in [1.807, 2.05) is 6.07 Å². The average Bonchev–Trinajstić information content (AvgIpc) is 3.26. The maximum Gasteiger partial charge on any atom is 0.277 e. The fourth-order valence-corrected chi connectivity index (χ4v) is 4.17. The van der Waals surface area contributed by atoms with Gasteiger partial charge in [-0.3, -0.25) is 14.8 Å². The van der Waals surface area contributed by atoms with Crippen molar-refractivity contribution < 1.29 is 4.79 Å². The molecule has 0 saturated heterocycles. The number of carbonyl (C=O) groups is 1. The summed E-state index contributed by atoms with van der Waals surface area (Å²) in [6, 6.07) is 14.2. The molecule has 1 aliphatic rings. The van der Waals surface area contributed by atoms with Crippen LogP contribution in [0.4, 0.5) is 5.13 Å². The summed E-state index contributed by atoms with van der Waals surface area (Å²) >= 11 is 1.50.